The van der Waals surface area contributed by atoms with E-state index in [0.717, 1.165) is 70.1 Å². The van der Waals surface area contributed by atoms with Gasteiger partial charge < -0.3 is 15.0 Å². The number of nitrogens with one attached hydrogen (secondary N) is 2. The van der Waals surface area contributed by atoms with Gasteiger partial charge in [0.05, 0.1) is 6.10 Å². The molecule has 3 fully saturated rings. The highest BCUT2D eigenvalue weighted by molar-refractivity contribution is 6.05. The number of piperidine rings is 3. The standard InChI is InChI=1S/C26H36N4O4/c31-24-6-5-23(25(32)28-24)30-17-20-14-19(3-4-22(20)26(30)33)16-29-11-7-21(8-12-29)34-13-9-18-2-1-10-27-15-18/h3-4,14,18,21,23,27H,1-2,5-13,15-17H2,(H,28,31,32). The molecule has 2 atom stereocenters. The Morgan fingerprint density at radius 3 is 2.68 bits per heavy atom. The van der Waals surface area contributed by atoms with Gasteiger partial charge in [-0.15, -0.1) is 0 Å². The van der Waals surface area contributed by atoms with Crippen molar-refractivity contribution < 1.29 is 19.1 Å². The number of amides is 3. The maximum atomic E-state index is 12.9. The van der Waals surface area contributed by atoms with Crippen LogP contribution in [0.2, 0.25) is 0 Å². The Morgan fingerprint density at radius 1 is 1.06 bits per heavy atom. The largest absolute Gasteiger partial charge is 0.378 e. The second kappa shape index (κ2) is 10.5. The minimum atomic E-state index is -0.561. The van der Waals surface area contributed by atoms with Crippen LogP contribution in [0.5, 0.6) is 0 Å². The summed E-state index contributed by atoms with van der Waals surface area (Å²) >= 11 is 0. The molecule has 0 aromatic heterocycles. The van der Waals surface area contributed by atoms with E-state index in [9.17, 15) is 14.4 Å². The van der Waals surface area contributed by atoms with E-state index in [2.05, 4.69) is 21.6 Å². The normalized spacial score (nSPS) is 26.6. The van der Waals surface area contributed by atoms with Crippen molar-refractivity contribution in [2.75, 3.05) is 32.8 Å². The molecular formula is C26H36N4O4. The molecule has 0 spiro atoms. The first-order chi connectivity index (χ1) is 16.6. The molecule has 3 saturated heterocycles. The smallest absolute Gasteiger partial charge is 0.255 e. The summed E-state index contributed by atoms with van der Waals surface area (Å²) in [5.41, 5.74) is 2.84. The molecule has 2 unspecified atom stereocenters. The van der Waals surface area contributed by atoms with Gasteiger partial charge in [-0.2, -0.15) is 0 Å². The number of ether oxygens (including phenoxy) is 1. The van der Waals surface area contributed by atoms with Crippen LogP contribution in [0.4, 0.5) is 0 Å². The lowest BCUT2D eigenvalue weighted by molar-refractivity contribution is -0.136. The lowest BCUT2D eigenvalue weighted by Gasteiger charge is -2.32. The van der Waals surface area contributed by atoms with E-state index in [0.29, 0.717) is 24.6 Å². The fraction of sp³-hybridized carbons (Fsp3) is 0.654. The summed E-state index contributed by atoms with van der Waals surface area (Å²) in [6.45, 7) is 6.51. The van der Waals surface area contributed by atoms with Crippen molar-refractivity contribution >= 4 is 17.7 Å². The zero-order chi connectivity index (χ0) is 23.5. The monoisotopic (exact) mass is 468 g/mol. The summed E-state index contributed by atoms with van der Waals surface area (Å²) in [7, 11) is 0. The number of benzene rings is 1. The maximum Gasteiger partial charge on any atom is 0.255 e. The molecule has 3 amide bonds. The van der Waals surface area contributed by atoms with Crippen LogP contribution in [0.3, 0.4) is 0 Å². The predicted octanol–water partition coefficient (Wildman–Crippen LogP) is 1.82. The number of likely N-dealkylation sites (tertiary alicyclic amines) is 1. The number of hydrogen-bond donors (Lipinski definition) is 2. The first-order valence-corrected chi connectivity index (χ1v) is 12.9. The van der Waals surface area contributed by atoms with Crippen molar-refractivity contribution in [1.82, 2.24) is 20.4 Å². The highest BCUT2D eigenvalue weighted by Crippen LogP contribution is 2.29. The number of rotatable bonds is 7. The fourth-order valence-corrected chi connectivity index (χ4v) is 5.79. The third kappa shape index (κ3) is 5.34. The van der Waals surface area contributed by atoms with Gasteiger partial charge in [-0.05, 0) is 74.7 Å². The number of fused-ring (bicyclic) bond motifs is 1. The van der Waals surface area contributed by atoms with Gasteiger partial charge in [0.2, 0.25) is 11.8 Å². The van der Waals surface area contributed by atoms with E-state index in [1.54, 1.807) is 4.90 Å². The van der Waals surface area contributed by atoms with Crippen molar-refractivity contribution in [3.63, 3.8) is 0 Å². The molecule has 1 aromatic carbocycles. The van der Waals surface area contributed by atoms with Crippen molar-refractivity contribution in [3.8, 4) is 0 Å². The van der Waals surface area contributed by atoms with E-state index in [1.165, 1.54) is 18.4 Å². The van der Waals surface area contributed by atoms with E-state index in [-0.39, 0.29) is 24.1 Å². The Bertz CT molecular complexity index is 921. The molecular weight excluding hydrogens is 432 g/mol. The molecule has 4 heterocycles. The summed E-state index contributed by atoms with van der Waals surface area (Å²) < 4.78 is 6.19. The van der Waals surface area contributed by atoms with Crippen molar-refractivity contribution in [3.05, 3.63) is 34.9 Å². The molecule has 2 N–H and O–H groups in total. The van der Waals surface area contributed by atoms with Crippen molar-refractivity contribution in [1.29, 1.82) is 0 Å². The van der Waals surface area contributed by atoms with E-state index >= 15 is 0 Å². The number of carbonyl (C=O) groups excluding carboxylic acids is 3. The van der Waals surface area contributed by atoms with Crippen LogP contribution >= 0.6 is 0 Å². The maximum absolute atomic E-state index is 12.9. The Kier molecular flexibility index (Phi) is 7.27. The molecule has 184 valence electrons. The Balaban J connectivity index is 1.09. The van der Waals surface area contributed by atoms with Gasteiger partial charge in [0.1, 0.15) is 6.04 Å². The second-order valence-corrected chi connectivity index (χ2v) is 10.2. The van der Waals surface area contributed by atoms with E-state index in [1.807, 2.05) is 12.1 Å². The van der Waals surface area contributed by atoms with Gasteiger partial charge in [0.25, 0.3) is 5.91 Å². The molecule has 0 radical (unpaired) electrons. The average Bonchev–Trinajstić information content (AvgIpc) is 3.16. The molecule has 0 aliphatic carbocycles. The molecule has 0 saturated carbocycles. The third-order valence-electron chi connectivity index (χ3n) is 7.81. The van der Waals surface area contributed by atoms with Crippen LogP contribution in [0.25, 0.3) is 0 Å². The number of imide groups is 1. The third-order valence-corrected chi connectivity index (χ3v) is 7.81. The second-order valence-electron chi connectivity index (χ2n) is 10.2. The molecule has 0 bridgehead atoms. The van der Waals surface area contributed by atoms with Crippen LogP contribution in [0.15, 0.2) is 18.2 Å². The Morgan fingerprint density at radius 2 is 1.91 bits per heavy atom. The summed E-state index contributed by atoms with van der Waals surface area (Å²) in [6.07, 6.45) is 6.95. The SMILES string of the molecule is O=C1CCC(N2Cc3cc(CN4CCC(OCCC5CCCNC5)CC4)ccc3C2=O)C(=O)N1. The van der Waals surface area contributed by atoms with Crippen LogP contribution in [0, 0.1) is 5.92 Å². The summed E-state index contributed by atoms with van der Waals surface area (Å²) in [6, 6.07) is 5.48. The number of carbonyl (C=O) groups is 3. The minimum absolute atomic E-state index is 0.113. The first kappa shape index (κ1) is 23.5. The van der Waals surface area contributed by atoms with E-state index in [4.69, 9.17) is 4.74 Å². The summed E-state index contributed by atoms with van der Waals surface area (Å²) in [5.74, 6) is 0.0333. The van der Waals surface area contributed by atoms with Crippen LogP contribution < -0.4 is 10.6 Å². The minimum Gasteiger partial charge on any atom is -0.378 e. The van der Waals surface area contributed by atoms with Gasteiger partial charge in [-0.3, -0.25) is 24.6 Å². The highest BCUT2D eigenvalue weighted by atomic mass is 16.5. The lowest BCUT2D eigenvalue weighted by atomic mass is 9.97. The molecule has 34 heavy (non-hydrogen) atoms. The van der Waals surface area contributed by atoms with Crippen LogP contribution in [-0.2, 0) is 27.4 Å². The van der Waals surface area contributed by atoms with Gasteiger partial charge in [-0.1, -0.05) is 12.1 Å². The number of nitrogens with zero attached hydrogens (tertiary/aromatic N) is 2. The molecule has 8 nitrogen and oxygen atoms in total. The van der Waals surface area contributed by atoms with E-state index < -0.39 is 6.04 Å². The summed E-state index contributed by atoms with van der Waals surface area (Å²) in [4.78, 5) is 40.7. The van der Waals surface area contributed by atoms with Crippen molar-refractivity contribution in [2.24, 2.45) is 5.92 Å². The number of hydrogen-bond acceptors (Lipinski definition) is 6. The Labute approximate surface area is 201 Å². The average molecular weight is 469 g/mol. The highest BCUT2D eigenvalue weighted by Gasteiger charge is 2.39. The quantitative estimate of drug-likeness (QED) is 0.594. The van der Waals surface area contributed by atoms with Crippen LogP contribution in [-0.4, -0.2) is 72.5 Å². The molecule has 4 aliphatic heterocycles. The van der Waals surface area contributed by atoms with Gasteiger partial charge in [0, 0.05) is 44.8 Å². The molecule has 1 aromatic rings. The molecule has 5 rings (SSSR count). The van der Waals surface area contributed by atoms with Crippen LogP contribution in [0.1, 0.15) is 66.4 Å². The fourth-order valence-electron chi connectivity index (χ4n) is 5.79. The molecule has 8 heteroatoms. The zero-order valence-corrected chi connectivity index (χ0v) is 19.9. The lowest BCUT2D eigenvalue weighted by Crippen LogP contribution is -2.52. The topological polar surface area (TPSA) is 91.0 Å². The van der Waals surface area contributed by atoms with Crippen molar-refractivity contribution in [2.45, 2.75) is 70.2 Å². The Hall–Kier alpha value is -2.29. The van der Waals surface area contributed by atoms with Gasteiger partial charge in [0.15, 0.2) is 0 Å². The van der Waals surface area contributed by atoms with Gasteiger partial charge in [-0.25, -0.2) is 0 Å². The zero-order valence-electron chi connectivity index (χ0n) is 19.9. The summed E-state index contributed by atoms with van der Waals surface area (Å²) in [5, 5.41) is 5.84. The van der Waals surface area contributed by atoms with Gasteiger partial charge >= 0.3 is 0 Å². The first-order valence-electron chi connectivity index (χ1n) is 12.9. The molecule has 4 aliphatic rings. The predicted molar refractivity (Wildman–Crippen MR) is 127 cm³/mol.